The molecule has 1 aliphatic heterocycles. The van der Waals surface area contributed by atoms with E-state index in [1.165, 1.54) is 5.56 Å². The van der Waals surface area contributed by atoms with Gasteiger partial charge >= 0.3 is 0 Å². The van der Waals surface area contributed by atoms with Gasteiger partial charge in [-0.05, 0) is 50.5 Å². The maximum absolute atomic E-state index is 12.6. The van der Waals surface area contributed by atoms with Gasteiger partial charge in [0, 0.05) is 19.0 Å². The molecule has 0 aromatic heterocycles. The Morgan fingerprint density at radius 2 is 1.72 bits per heavy atom. The smallest absolute Gasteiger partial charge is 0.244 e. The molecule has 1 aromatic rings. The average molecular weight is 344 g/mol. The van der Waals surface area contributed by atoms with Crippen molar-refractivity contribution >= 4 is 11.8 Å². The minimum Gasteiger partial charge on any atom is -0.344 e. The van der Waals surface area contributed by atoms with E-state index in [9.17, 15) is 9.59 Å². The lowest BCUT2D eigenvalue weighted by molar-refractivity contribution is -0.138. The number of benzene rings is 1. The second kappa shape index (κ2) is 9.59. The van der Waals surface area contributed by atoms with Gasteiger partial charge in [0.25, 0.3) is 0 Å². The first-order chi connectivity index (χ1) is 12.0. The minimum absolute atomic E-state index is 0.00446. The van der Waals surface area contributed by atoms with Crippen molar-refractivity contribution in [3.05, 3.63) is 35.9 Å². The van der Waals surface area contributed by atoms with E-state index >= 15 is 0 Å². The molecule has 2 amide bonds. The highest BCUT2D eigenvalue weighted by Crippen LogP contribution is 2.22. The molecule has 0 radical (unpaired) electrons. The van der Waals surface area contributed by atoms with Gasteiger partial charge < -0.3 is 10.2 Å². The summed E-state index contributed by atoms with van der Waals surface area (Å²) in [5.74, 6) is 0.704. The fourth-order valence-electron chi connectivity index (χ4n) is 3.63. The lowest BCUT2D eigenvalue weighted by atomic mass is 9.90. The van der Waals surface area contributed by atoms with Gasteiger partial charge in [0.05, 0.1) is 0 Å². The van der Waals surface area contributed by atoms with Crippen LogP contribution in [-0.2, 0) is 16.0 Å². The second-order valence-corrected chi connectivity index (χ2v) is 7.20. The lowest BCUT2D eigenvalue weighted by Gasteiger charge is -2.34. The summed E-state index contributed by atoms with van der Waals surface area (Å²) in [5, 5.41) is 2.90. The number of hydrogen-bond donors (Lipinski definition) is 1. The molecule has 1 atom stereocenters. The summed E-state index contributed by atoms with van der Waals surface area (Å²) in [7, 11) is 0. The topological polar surface area (TPSA) is 49.4 Å². The Balaban J connectivity index is 1.79. The van der Waals surface area contributed by atoms with E-state index in [4.69, 9.17) is 0 Å². The number of nitrogens with zero attached hydrogens (tertiary/aromatic N) is 1. The molecule has 0 bridgehead atoms. The quantitative estimate of drug-likeness (QED) is 0.824. The molecule has 4 heteroatoms. The van der Waals surface area contributed by atoms with E-state index in [2.05, 4.69) is 29.6 Å². The fourth-order valence-corrected chi connectivity index (χ4v) is 3.63. The number of amides is 2. The van der Waals surface area contributed by atoms with Gasteiger partial charge in [-0.15, -0.1) is 0 Å². The number of rotatable bonds is 7. The molecule has 4 nitrogen and oxygen atoms in total. The maximum Gasteiger partial charge on any atom is 0.244 e. The molecule has 1 heterocycles. The van der Waals surface area contributed by atoms with Crippen molar-refractivity contribution < 1.29 is 9.59 Å². The lowest BCUT2D eigenvalue weighted by Crippen LogP contribution is -2.50. The summed E-state index contributed by atoms with van der Waals surface area (Å²) in [6.45, 7) is 7.41. The van der Waals surface area contributed by atoms with Crippen LogP contribution in [0.3, 0.4) is 0 Å². The van der Waals surface area contributed by atoms with Crippen molar-refractivity contribution in [3.8, 4) is 0 Å². The summed E-state index contributed by atoms with van der Waals surface area (Å²) in [4.78, 5) is 26.7. The monoisotopic (exact) mass is 344 g/mol. The van der Waals surface area contributed by atoms with Crippen LogP contribution in [0.4, 0.5) is 0 Å². The molecule has 1 N–H and O–H groups in total. The Hall–Kier alpha value is -1.84. The Labute approximate surface area is 152 Å². The maximum atomic E-state index is 12.6. The molecule has 1 aromatic carbocycles. The summed E-state index contributed by atoms with van der Waals surface area (Å²) >= 11 is 0. The average Bonchev–Trinajstić information content (AvgIpc) is 2.63. The van der Waals surface area contributed by atoms with Crippen molar-refractivity contribution in [1.29, 1.82) is 0 Å². The molecular weight excluding hydrogens is 312 g/mol. The fraction of sp³-hybridized carbons (Fsp3) is 0.619. The number of carbonyl (C=O) groups is 2. The van der Waals surface area contributed by atoms with Gasteiger partial charge in [0.2, 0.25) is 11.8 Å². The van der Waals surface area contributed by atoms with Gasteiger partial charge in [0.15, 0.2) is 0 Å². The summed E-state index contributed by atoms with van der Waals surface area (Å²) in [5.41, 5.74) is 1.37. The Kier molecular flexibility index (Phi) is 7.48. The van der Waals surface area contributed by atoms with E-state index in [0.717, 1.165) is 45.2 Å². The van der Waals surface area contributed by atoms with Crippen LogP contribution < -0.4 is 5.32 Å². The number of likely N-dealkylation sites (tertiary alicyclic amines) is 1. The summed E-state index contributed by atoms with van der Waals surface area (Å²) in [6.07, 6.45) is 4.79. The normalized spacial score (nSPS) is 16.7. The molecule has 25 heavy (non-hydrogen) atoms. The zero-order chi connectivity index (χ0) is 18.2. The van der Waals surface area contributed by atoms with E-state index in [0.29, 0.717) is 5.92 Å². The predicted molar refractivity (Wildman–Crippen MR) is 101 cm³/mol. The van der Waals surface area contributed by atoms with Crippen LogP contribution in [0.2, 0.25) is 0 Å². The molecule has 138 valence electrons. The van der Waals surface area contributed by atoms with Gasteiger partial charge in [-0.1, -0.05) is 44.2 Å². The predicted octanol–water partition coefficient (Wildman–Crippen LogP) is 3.41. The first-order valence-electron chi connectivity index (χ1n) is 9.68. The van der Waals surface area contributed by atoms with Crippen molar-refractivity contribution in [2.24, 2.45) is 11.8 Å². The van der Waals surface area contributed by atoms with E-state index in [1.54, 1.807) is 6.92 Å². The van der Waals surface area contributed by atoms with E-state index in [1.807, 2.05) is 24.8 Å². The van der Waals surface area contributed by atoms with Gasteiger partial charge in [-0.2, -0.15) is 0 Å². The number of nitrogens with one attached hydrogen (secondary N) is 1. The van der Waals surface area contributed by atoms with E-state index in [-0.39, 0.29) is 17.7 Å². The molecule has 0 spiro atoms. The van der Waals surface area contributed by atoms with E-state index < -0.39 is 6.04 Å². The highest BCUT2D eigenvalue weighted by Gasteiger charge is 2.27. The van der Waals surface area contributed by atoms with Crippen LogP contribution in [0.1, 0.15) is 52.0 Å². The van der Waals surface area contributed by atoms with Gasteiger partial charge in [0.1, 0.15) is 6.04 Å². The van der Waals surface area contributed by atoms with Crippen molar-refractivity contribution in [2.45, 2.75) is 58.9 Å². The third kappa shape index (κ3) is 5.58. The van der Waals surface area contributed by atoms with Crippen LogP contribution >= 0.6 is 0 Å². The number of carbonyl (C=O) groups excluding carboxylic acids is 2. The van der Waals surface area contributed by atoms with Crippen molar-refractivity contribution in [1.82, 2.24) is 10.2 Å². The summed E-state index contributed by atoms with van der Waals surface area (Å²) in [6, 6.07) is 10.1. The third-order valence-corrected chi connectivity index (χ3v) is 5.38. The van der Waals surface area contributed by atoms with Crippen molar-refractivity contribution in [3.63, 3.8) is 0 Å². The number of piperidine rings is 1. The molecule has 0 saturated carbocycles. The van der Waals surface area contributed by atoms with Crippen LogP contribution in [0.15, 0.2) is 30.3 Å². The molecule has 0 aliphatic carbocycles. The molecule has 1 saturated heterocycles. The molecule has 1 aliphatic rings. The number of hydrogen-bond acceptors (Lipinski definition) is 2. The van der Waals surface area contributed by atoms with Gasteiger partial charge in [-0.3, -0.25) is 9.59 Å². The SMILES string of the molecule is CCC(CC)C(=O)N[C@H](C)C(=O)N1CCC(Cc2ccccc2)CC1. The first-order valence-corrected chi connectivity index (χ1v) is 9.68. The second-order valence-electron chi connectivity index (χ2n) is 7.20. The Morgan fingerprint density at radius 3 is 2.28 bits per heavy atom. The van der Waals surface area contributed by atoms with Crippen molar-refractivity contribution in [2.75, 3.05) is 13.1 Å². The Bertz CT molecular complexity index is 546. The first kappa shape index (κ1) is 19.5. The third-order valence-electron chi connectivity index (χ3n) is 5.38. The highest BCUT2D eigenvalue weighted by atomic mass is 16.2. The van der Waals surface area contributed by atoms with Crippen LogP contribution in [-0.4, -0.2) is 35.8 Å². The molecule has 0 unspecified atom stereocenters. The zero-order valence-corrected chi connectivity index (χ0v) is 15.8. The largest absolute Gasteiger partial charge is 0.344 e. The summed E-state index contributed by atoms with van der Waals surface area (Å²) < 4.78 is 0. The van der Waals surface area contributed by atoms with Crippen LogP contribution in [0.5, 0.6) is 0 Å². The van der Waals surface area contributed by atoms with Crippen LogP contribution in [0, 0.1) is 11.8 Å². The molecule has 2 rings (SSSR count). The highest BCUT2D eigenvalue weighted by molar-refractivity contribution is 5.88. The minimum atomic E-state index is -0.432. The molecule has 1 fully saturated rings. The van der Waals surface area contributed by atoms with Gasteiger partial charge in [-0.25, -0.2) is 0 Å². The zero-order valence-electron chi connectivity index (χ0n) is 15.8. The van der Waals surface area contributed by atoms with Crippen LogP contribution in [0.25, 0.3) is 0 Å². The molecular formula is C21H32N2O2. The standard InChI is InChI=1S/C21H32N2O2/c1-4-19(5-2)20(24)22-16(3)21(25)23-13-11-18(12-14-23)15-17-9-7-6-8-10-17/h6-10,16,18-19H,4-5,11-15H2,1-3H3,(H,22,24)/t16-/m1/s1. The Morgan fingerprint density at radius 1 is 1.12 bits per heavy atom.